The van der Waals surface area contributed by atoms with E-state index in [9.17, 15) is 4.39 Å². The zero-order valence-corrected chi connectivity index (χ0v) is 10.0. The molecule has 1 N–H and O–H groups in total. The Hall–Kier alpha value is -1.13. The topological polar surface area (TPSA) is 30.5 Å². The second kappa shape index (κ2) is 5.98. The summed E-state index contributed by atoms with van der Waals surface area (Å²) in [7, 11) is 1.63. The van der Waals surface area contributed by atoms with Crippen molar-refractivity contribution < 1.29 is 13.9 Å². The molecule has 1 fully saturated rings. The maximum absolute atomic E-state index is 13.3. The van der Waals surface area contributed by atoms with Gasteiger partial charge in [-0.05, 0) is 37.6 Å². The van der Waals surface area contributed by atoms with E-state index in [-0.39, 0.29) is 11.9 Å². The van der Waals surface area contributed by atoms with E-state index in [2.05, 4.69) is 5.32 Å². The van der Waals surface area contributed by atoms with Gasteiger partial charge in [-0.25, -0.2) is 4.39 Å². The van der Waals surface area contributed by atoms with E-state index in [0.29, 0.717) is 13.2 Å². The van der Waals surface area contributed by atoms with E-state index >= 15 is 0 Å². The Labute approximate surface area is 101 Å². The smallest absolute Gasteiger partial charge is 0.124 e. The van der Waals surface area contributed by atoms with E-state index < -0.39 is 0 Å². The summed E-state index contributed by atoms with van der Waals surface area (Å²) < 4.78 is 23.8. The molecule has 0 radical (unpaired) electrons. The van der Waals surface area contributed by atoms with Crippen LogP contribution in [0.2, 0.25) is 0 Å². The van der Waals surface area contributed by atoms with Gasteiger partial charge in [0.2, 0.25) is 0 Å². The van der Waals surface area contributed by atoms with Crippen LogP contribution in [0.4, 0.5) is 4.39 Å². The molecule has 1 unspecified atom stereocenters. The lowest BCUT2D eigenvalue weighted by Gasteiger charge is -2.16. The molecule has 1 heterocycles. The van der Waals surface area contributed by atoms with Gasteiger partial charge in [-0.3, -0.25) is 0 Å². The molecule has 1 aromatic rings. The molecule has 4 heteroatoms. The van der Waals surface area contributed by atoms with Gasteiger partial charge >= 0.3 is 0 Å². The fourth-order valence-corrected chi connectivity index (χ4v) is 2.11. The fourth-order valence-electron chi connectivity index (χ4n) is 2.11. The van der Waals surface area contributed by atoms with Crippen molar-refractivity contribution in [2.45, 2.75) is 18.9 Å². The third-order valence-electron chi connectivity index (χ3n) is 2.95. The van der Waals surface area contributed by atoms with E-state index in [1.165, 1.54) is 6.07 Å². The van der Waals surface area contributed by atoms with Gasteiger partial charge in [0.05, 0.1) is 6.61 Å². The second-order valence-corrected chi connectivity index (χ2v) is 4.17. The van der Waals surface area contributed by atoms with Crippen molar-refractivity contribution in [3.8, 4) is 5.75 Å². The van der Waals surface area contributed by atoms with Gasteiger partial charge in [-0.2, -0.15) is 0 Å². The quantitative estimate of drug-likeness (QED) is 0.800. The number of benzene rings is 1. The Balaban J connectivity index is 2.12. The van der Waals surface area contributed by atoms with Crippen molar-refractivity contribution in [2.75, 3.05) is 26.9 Å². The molecular formula is C13H18FNO2. The van der Waals surface area contributed by atoms with Gasteiger partial charge in [-0.1, -0.05) is 0 Å². The van der Waals surface area contributed by atoms with E-state index in [1.54, 1.807) is 19.2 Å². The lowest BCUT2D eigenvalue weighted by Crippen LogP contribution is -2.15. The summed E-state index contributed by atoms with van der Waals surface area (Å²) in [6.07, 6.45) is 2.16. The maximum Gasteiger partial charge on any atom is 0.124 e. The molecule has 1 atom stereocenters. The number of hydrogen-bond donors (Lipinski definition) is 1. The minimum absolute atomic E-state index is 0.211. The van der Waals surface area contributed by atoms with Crippen LogP contribution in [0.5, 0.6) is 5.75 Å². The molecule has 1 aliphatic rings. The molecule has 0 spiro atoms. The van der Waals surface area contributed by atoms with E-state index in [0.717, 1.165) is 30.7 Å². The predicted molar refractivity (Wildman–Crippen MR) is 63.7 cm³/mol. The van der Waals surface area contributed by atoms with Gasteiger partial charge in [0.15, 0.2) is 0 Å². The molecule has 0 amide bonds. The highest BCUT2D eigenvalue weighted by atomic mass is 19.1. The molecule has 3 nitrogen and oxygen atoms in total. The third-order valence-corrected chi connectivity index (χ3v) is 2.95. The molecule has 1 aliphatic heterocycles. The van der Waals surface area contributed by atoms with E-state index in [1.807, 2.05) is 0 Å². The van der Waals surface area contributed by atoms with Crippen molar-refractivity contribution >= 4 is 0 Å². The van der Waals surface area contributed by atoms with Crippen LogP contribution in [0, 0.1) is 5.82 Å². The Morgan fingerprint density at radius 2 is 2.29 bits per heavy atom. The van der Waals surface area contributed by atoms with Crippen LogP contribution in [0.25, 0.3) is 0 Å². The molecule has 0 bridgehead atoms. The first-order chi connectivity index (χ1) is 8.31. The molecule has 1 aromatic carbocycles. The summed E-state index contributed by atoms with van der Waals surface area (Å²) in [4.78, 5) is 0. The number of methoxy groups -OCH3 is 1. The molecule has 2 rings (SSSR count). The van der Waals surface area contributed by atoms with Gasteiger partial charge in [0, 0.05) is 18.7 Å². The first-order valence-corrected chi connectivity index (χ1v) is 5.96. The minimum Gasteiger partial charge on any atom is -0.491 e. The SMILES string of the molecule is COCCOc1ccc(F)cc1C1CCCN1. The van der Waals surface area contributed by atoms with Gasteiger partial charge in [-0.15, -0.1) is 0 Å². The molecule has 0 saturated carbocycles. The fraction of sp³-hybridized carbons (Fsp3) is 0.538. The van der Waals surface area contributed by atoms with Gasteiger partial charge in [0.1, 0.15) is 18.2 Å². The summed E-state index contributed by atoms with van der Waals surface area (Å²) in [6, 6.07) is 4.90. The normalized spacial score (nSPS) is 19.5. The minimum atomic E-state index is -0.215. The Morgan fingerprint density at radius 3 is 3.00 bits per heavy atom. The van der Waals surface area contributed by atoms with Gasteiger partial charge < -0.3 is 14.8 Å². The Kier molecular flexibility index (Phi) is 4.34. The molecule has 94 valence electrons. The number of hydrogen-bond acceptors (Lipinski definition) is 3. The lowest BCUT2D eigenvalue weighted by atomic mass is 10.0. The van der Waals surface area contributed by atoms with Crippen LogP contribution in [0.3, 0.4) is 0 Å². The van der Waals surface area contributed by atoms with Crippen molar-refractivity contribution in [1.82, 2.24) is 5.32 Å². The third kappa shape index (κ3) is 3.17. The van der Waals surface area contributed by atoms with Crippen molar-refractivity contribution in [1.29, 1.82) is 0 Å². The zero-order valence-electron chi connectivity index (χ0n) is 10.0. The summed E-state index contributed by atoms with van der Waals surface area (Å²) in [5.41, 5.74) is 0.915. The first kappa shape index (κ1) is 12.3. The predicted octanol–water partition coefficient (Wildman–Crippen LogP) is 2.28. The van der Waals surface area contributed by atoms with E-state index in [4.69, 9.17) is 9.47 Å². The second-order valence-electron chi connectivity index (χ2n) is 4.17. The van der Waals surface area contributed by atoms with Gasteiger partial charge in [0.25, 0.3) is 0 Å². The van der Waals surface area contributed by atoms with Crippen molar-refractivity contribution in [2.24, 2.45) is 0 Å². The van der Waals surface area contributed by atoms with Crippen LogP contribution < -0.4 is 10.1 Å². The highest BCUT2D eigenvalue weighted by molar-refractivity contribution is 5.37. The van der Waals surface area contributed by atoms with Crippen molar-refractivity contribution in [3.05, 3.63) is 29.6 Å². The van der Waals surface area contributed by atoms with Crippen LogP contribution in [-0.4, -0.2) is 26.9 Å². The number of nitrogens with one attached hydrogen (secondary N) is 1. The molecular weight excluding hydrogens is 221 g/mol. The Morgan fingerprint density at radius 1 is 1.41 bits per heavy atom. The summed E-state index contributed by atoms with van der Waals surface area (Å²) in [6.45, 7) is 2.01. The first-order valence-electron chi connectivity index (χ1n) is 5.96. The van der Waals surface area contributed by atoms with Crippen LogP contribution in [-0.2, 0) is 4.74 Å². The summed E-state index contributed by atoms with van der Waals surface area (Å²) in [5, 5.41) is 3.35. The highest BCUT2D eigenvalue weighted by Gasteiger charge is 2.20. The molecule has 1 saturated heterocycles. The standard InChI is InChI=1S/C13H18FNO2/c1-16-7-8-17-13-5-4-10(14)9-11(13)12-3-2-6-15-12/h4-5,9,12,15H,2-3,6-8H2,1H3. The summed E-state index contributed by atoms with van der Waals surface area (Å²) in [5.74, 6) is 0.538. The highest BCUT2D eigenvalue weighted by Crippen LogP contribution is 2.31. The Bertz CT molecular complexity index is 364. The monoisotopic (exact) mass is 239 g/mol. The molecule has 0 aliphatic carbocycles. The zero-order chi connectivity index (χ0) is 12.1. The number of ether oxygens (including phenoxy) is 2. The maximum atomic E-state index is 13.3. The van der Waals surface area contributed by atoms with Crippen LogP contribution >= 0.6 is 0 Å². The summed E-state index contributed by atoms with van der Waals surface area (Å²) >= 11 is 0. The molecule has 0 aromatic heterocycles. The van der Waals surface area contributed by atoms with Crippen LogP contribution in [0.15, 0.2) is 18.2 Å². The number of rotatable bonds is 5. The number of halogens is 1. The largest absolute Gasteiger partial charge is 0.491 e. The lowest BCUT2D eigenvalue weighted by molar-refractivity contribution is 0.145. The molecule has 17 heavy (non-hydrogen) atoms. The average Bonchev–Trinajstić information content (AvgIpc) is 2.85. The van der Waals surface area contributed by atoms with Crippen molar-refractivity contribution in [3.63, 3.8) is 0 Å². The average molecular weight is 239 g/mol. The van der Waals surface area contributed by atoms with Crippen LogP contribution in [0.1, 0.15) is 24.4 Å².